The van der Waals surface area contributed by atoms with Gasteiger partial charge in [-0.1, -0.05) is 12.1 Å². The summed E-state index contributed by atoms with van der Waals surface area (Å²) in [6.45, 7) is 1.07. The van der Waals surface area contributed by atoms with E-state index in [2.05, 4.69) is 5.32 Å². The van der Waals surface area contributed by atoms with Gasteiger partial charge in [0.1, 0.15) is 11.5 Å². The molecule has 2 amide bonds. The van der Waals surface area contributed by atoms with Crippen molar-refractivity contribution in [3.8, 4) is 11.5 Å². The Bertz CT molecular complexity index is 965. The summed E-state index contributed by atoms with van der Waals surface area (Å²) in [5.41, 5.74) is -0.390. The molecule has 164 valence electrons. The summed E-state index contributed by atoms with van der Waals surface area (Å²) in [4.78, 5) is 26.5. The van der Waals surface area contributed by atoms with E-state index in [-0.39, 0.29) is 35.3 Å². The van der Waals surface area contributed by atoms with Gasteiger partial charge in [-0.2, -0.15) is 13.2 Å². The zero-order chi connectivity index (χ0) is 22.0. The van der Waals surface area contributed by atoms with E-state index in [9.17, 15) is 22.8 Å². The average molecular weight is 432 g/mol. The Morgan fingerprint density at radius 2 is 1.58 bits per heavy atom. The fourth-order valence-corrected chi connectivity index (χ4v) is 3.64. The molecule has 1 aliphatic heterocycles. The number of nitrogens with zero attached hydrogens (tertiary/aromatic N) is 1. The highest BCUT2D eigenvalue weighted by Crippen LogP contribution is 2.33. The topological polar surface area (TPSA) is 58.6 Å². The minimum atomic E-state index is -4.46. The second-order valence-electron chi connectivity index (χ2n) is 8.00. The van der Waals surface area contributed by atoms with Crippen molar-refractivity contribution in [1.82, 2.24) is 10.2 Å². The monoisotopic (exact) mass is 432 g/mol. The van der Waals surface area contributed by atoms with Crippen molar-refractivity contribution in [3.63, 3.8) is 0 Å². The predicted octanol–water partition coefficient (Wildman–Crippen LogP) is 4.63. The number of amides is 2. The molecule has 0 spiro atoms. The number of benzene rings is 2. The molecule has 2 aromatic carbocycles. The number of hydrogen-bond acceptors (Lipinski definition) is 3. The van der Waals surface area contributed by atoms with Crippen LogP contribution in [0.15, 0.2) is 48.5 Å². The standard InChI is InChI=1S/C23H23F3N2O3/c24-23(25,26)17-4-2-6-20(14-17)31-19-5-1-3-16(13-19)22(30)28-11-9-18(10-12-28)27-21(29)15-7-8-15/h1-6,13-15,18H,7-12H2,(H,27,29). The quantitative estimate of drug-likeness (QED) is 0.750. The van der Waals surface area contributed by atoms with Gasteiger partial charge in [0.2, 0.25) is 5.91 Å². The molecule has 1 heterocycles. The van der Waals surface area contributed by atoms with Crippen molar-refractivity contribution in [2.24, 2.45) is 5.92 Å². The molecule has 1 saturated heterocycles. The summed E-state index contributed by atoms with van der Waals surface area (Å²) in [5.74, 6) is 0.452. The second-order valence-corrected chi connectivity index (χ2v) is 8.00. The fraction of sp³-hybridized carbons (Fsp3) is 0.391. The molecule has 1 aliphatic carbocycles. The number of hydrogen-bond donors (Lipinski definition) is 1. The highest BCUT2D eigenvalue weighted by atomic mass is 19.4. The van der Waals surface area contributed by atoms with Gasteiger partial charge in [0.25, 0.3) is 5.91 Å². The molecule has 0 aromatic heterocycles. The maximum Gasteiger partial charge on any atom is 0.416 e. The van der Waals surface area contributed by atoms with Gasteiger partial charge in [-0.05, 0) is 62.1 Å². The minimum absolute atomic E-state index is 0.0478. The van der Waals surface area contributed by atoms with Crippen molar-refractivity contribution in [3.05, 3.63) is 59.7 Å². The highest BCUT2D eigenvalue weighted by molar-refractivity contribution is 5.94. The molecule has 0 bridgehead atoms. The first-order chi connectivity index (χ1) is 14.8. The van der Waals surface area contributed by atoms with Crippen molar-refractivity contribution < 1.29 is 27.5 Å². The molecule has 8 heteroatoms. The smallest absolute Gasteiger partial charge is 0.416 e. The van der Waals surface area contributed by atoms with Crippen LogP contribution in [0.3, 0.4) is 0 Å². The lowest BCUT2D eigenvalue weighted by Gasteiger charge is -2.32. The molecule has 2 aliphatic rings. The van der Waals surface area contributed by atoms with E-state index in [0.717, 1.165) is 25.0 Å². The third kappa shape index (κ3) is 5.37. The summed E-state index contributed by atoms with van der Waals surface area (Å²) in [6, 6.07) is 11.1. The SMILES string of the molecule is O=C(NC1CCN(C(=O)c2cccc(Oc3cccc(C(F)(F)F)c3)c2)CC1)C1CC1. The van der Waals surface area contributed by atoms with Crippen LogP contribution < -0.4 is 10.1 Å². The summed E-state index contributed by atoms with van der Waals surface area (Å²) >= 11 is 0. The lowest BCUT2D eigenvalue weighted by atomic mass is 10.0. The van der Waals surface area contributed by atoms with Crippen molar-refractivity contribution in [2.75, 3.05) is 13.1 Å². The van der Waals surface area contributed by atoms with Crippen LogP contribution in [-0.4, -0.2) is 35.8 Å². The molecule has 0 atom stereocenters. The average Bonchev–Trinajstić information content (AvgIpc) is 3.59. The van der Waals surface area contributed by atoms with Crippen LogP contribution in [0, 0.1) is 5.92 Å². The Morgan fingerprint density at radius 3 is 2.23 bits per heavy atom. The lowest BCUT2D eigenvalue weighted by molar-refractivity contribution is -0.137. The third-order valence-corrected chi connectivity index (χ3v) is 5.55. The lowest BCUT2D eigenvalue weighted by Crippen LogP contribution is -2.46. The van der Waals surface area contributed by atoms with Gasteiger partial charge in [-0.15, -0.1) is 0 Å². The summed E-state index contributed by atoms with van der Waals surface area (Å²) in [6.07, 6.45) is -1.14. The molecule has 31 heavy (non-hydrogen) atoms. The molecular weight excluding hydrogens is 409 g/mol. The highest BCUT2D eigenvalue weighted by Gasteiger charge is 2.33. The maximum absolute atomic E-state index is 12.9. The van der Waals surface area contributed by atoms with Gasteiger partial charge in [0.05, 0.1) is 5.56 Å². The molecule has 2 aromatic rings. The van der Waals surface area contributed by atoms with Crippen LogP contribution in [0.25, 0.3) is 0 Å². The van der Waals surface area contributed by atoms with Gasteiger partial charge in [0, 0.05) is 30.6 Å². The third-order valence-electron chi connectivity index (χ3n) is 5.55. The number of rotatable bonds is 5. The van der Waals surface area contributed by atoms with Crippen LogP contribution in [-0.2, 0) is 11.0 Å². The van der Waals surface area contributed by atoms with Gasteiger partial charge in [-0.25, -0.2) is 0 Å². The molecule has 1 N–H and O–H groups in total. The first-order valence-electron chi connectivity index (χ1n) is 10.3. The number of carbonyl (C=O) groups is 2. The Kier molecular flexibility index (Phi) is 5.89. The van der Waals surface area contributed by atoms with Gasteiger partial charge in [0.15, 0.2) is 0 Å². The van der Waals surface area contributed by atoms with Crippen LogP contribution in [0.5, 0.6) is 11.5 Å². The number of halogens is 3. The number of carbonyl (C=O) groups excluding carboxylic acids is 2. The molecule has 5 nitrogen and oxygen atoms in total. The van der Waals surface area contributed by atoms with Crippen LogP contribution in [0.1, 0.15) is 41.6 Å². The normalized spacial score (nSPS) is 17.3. The van der Waals surface area contributed by atoms with E-state index in [1.54, 1.807) is 23.1 Å². The zero-order valence-electron chi connectivity index (χ0n) is 16.8. The van der Waals surface area contributed by atoms with Gasteiger partial charge in [-0.3, -0.25) is 9.59 Å². The van der Waals surface area contributed by atoms with Gasteiger partial charge >= 0.3 is 6.18 Å². The molecule has 0 radical (unpaired) electrons. The van der Waals surface area contributed by atoms with Gasteiger partial charge < -0.3 is 15.0 Å². The van der Waals surface area contributed by atoms with E-state index in [4.69, 9.17) is 4.74 Å². The zero-order valence-corrected chi connectivity index (χ0v) is 16.8. The van der Waals surface area contributed by atoms with E-state index >= 15 is 0 Å². The van der Waals surface area contributed by atoms with Crippen molar-refractivity contribution in [1.29, 1.82) is 0 Å². The molecule has 0 unspecified atom stereocenters. The summed E-state index contributed by atoms with van der Waals surface area (Å²) < 4.78 is 44.2. The molecule has 2 fully saturated rings. The molecule has 1 saturated carbocycles. The van der Waals surface area contributed by atoms with E-state index < -0.39 is 11.7 Å². The van der Waals surface area contributed by atoms with Crippen molar-refractivity contribution >= 4 is 11.8 Å². The second kappa shape index (κ2) is 8.61. The van der Waals surface area contributed by atoms with Crippen LogP contribution in [0.2, 0.25) is 0 Å². The number of nitrogens with one attached hydrogen (secondary N) is 1. The summed E-state index contributed by atoms with van der Waals surface area (Å²) in [7, 11) is 0. The van der Waals surface area contributed by atoms with Crippen molar-refractivity contribution in [2.45, 2.75) is 37.9 Å². The van der Waals surface area contributed by atoms with Crippen LogP contribution >= 0.6 is 0 Å². The summed E-state index contributed by atoms with van der Waals surface area (Å²) in [5, 5.41) is 3.05. The Morgan fingerprint density at radius 1 is 0.935 bits per heavy atom. The number of likely N-dealkylation sites (tertiary alicyclic amines) is 1. The van der Waals surface area contributed by atoms with E-state index in [1.807, 2.05) is 0 Å². The number of alkyl halides is 3. The molecule has 4 rings (SSSR count). The maximum atomic E-state index is 12.9. The van der Waals surface area contributed by atoms with Crippen LogP contribution in [0.4, 0.5) is 13.2 Å². The first-order valence-corrected chi connectivity index (χ1v) is 10.3. The first kappa shape index (κ1) is 21.2. The fourth-order valence-electron chi connectivity index (χ4n) is 3.64. The Hall–Kier alpha value is -3.03. The van der Waals surface area contributed by atoms with E-state index in [1.165, 1.54) is 18.2 Å². The Balaban J connectivity index is 1.37. The number of piperidine rings is 1. The molecular formula is C23H23F3N2O3. The minimum Gasteiger partial charge on any atom is -0.457 e. The number of ether oxygens (including phenoxy) is 1. The predicted molar refractivity (Wildman–Crippen MR) is 108 cm³/mol. The van der Waals surface area contributed by atoms with E-state index in [0.29, 0.717) is 31.5 Å². The Labute approximate surface area is 178 Å². The largest absolute Gasteiger partial charge is 0.457 e.